The molecule has 19 nitrogen and oxygen atoms in total. The highest BCUT2D eigenvalue weighted by molar-refractivity contribution is 7.86. The second-order valence-electron chi connectivity index (χ2n) is 30.7. The van der Waals surface area contributed by atoms with E-state index in [0.29, 0.717) is 91.2 Å². The first kappa shape index (κ1) is 71.0. The van der Waals surface area contributed by atoms with Gasteiger partial charge < -0.3 is 38.9 Å². The second-order valence-corrected chi connectivity index (χ2v) is 37.8. The number of carboxylic acids is 1. The van der Waals surface area contributed by atoms with Crippen molar-refractivity contribution in [1.29, 1.82) is 0 Å². The van der Waals surface area contributed by atoms with Crippen molar-refractivity contribution in [3.8, 4) is 16.9 Å². The van der Waals surface area contributed by atoms with Gasteiger partial charge in [-0.25, -0.2) is 19.6 Å². The first-order valence-electron chi connectivity index (χ1n) is 34.5. The Kier molecular flexibility index (Phi) is 20.6. The fraction of sp³-hybridized carbons (Fsp3) is 0.455. The summed E-state index contributed by atoms with van der Waals surface area (Å²) in [6.07, 6.45) is 8.20. The van der Waals surface area contributed by atoms with Crippen molar-refractivity contribution in [3.05, 3.63) is 179 Å². The first-order chi connectivity index (χ1) is 47.1. The largest absolute Gasteiger partial charge is 0.491 e. The number of likely N-dealkylation sites (N-methyl/N-ethyl adjacent to an activating group) is 1. The van der Waals surface area contributed by atoms with Crippen molar-refractivity contribution in [2.24, 2.45) is 21.7 Å². The molecule has 4 aliphatic carbocycles. The number of nitrogens with zero attached hydrogens (tertiary/aromatic N) is 6. The molecule has 4 bridgehead atoms. The Morgan fingerprint density at radius 2 is 1.43 bits per heavy atom. The SMILES string of the molecule is Cc1c(-c2ccc(N3CCc4c(OCCNC(=O)OCc5ccccc5)ccc(C(=O)Nc5nc6ccccc6s5)c4C3)nc2C(=O)O)cnn1CC12CC3(C)CC(C)(C1)CC(OCCN(C)CCS(=O)(=O)OCC(C)(C)CCO[Si](c1ccccc1)(c1ccccc1)C(C)(C)C)(C3)C2. The van der Waals surface area contributed by atoms with E-state index in [-0.39, 0.29) is 77.1 Å². The van der Waals surface area contributed by atoms with Gasteiger partial charge in [-0.1, -0.05) is 163 Å². The molecule has 2 atom stereocenters. The minimum absolute atomic E-state index is 0.0462. The number of carbonyl (C=O) groups is 3. The van der Waals surface area contributed by atoms with Gasteiger partial charge >= 0.3 is 12.1 Å². The quantitative estimate of drug-likeness (QED) is 0.0225. The number of aromatic carboxylic acids is 1. The molecule has 5 aromatic carbocycles. The summed E-state index contributed by atoms with van der Waals surface area (Å²) in [6.45, 7) is 21.3. The summed E-state index contributed by atoms with van der Waals surface area (Å²) >= 11 is 1.38. The molecule has 8 aromatic rings. The molecule has 4 heterocycles. The predicted octanol–water partition coefficient (Wildman–Crippen LogP) is 13.1. The van der Waals surface area contributed by atoms with Crippen molar-refractivity contribution in [1.82, 2.24) is 30.0 Å². The average Bonchev–Trinajstić information content (AvgIpc) is 0.712. The number of alkyl carbamates (subject to hydrolysis) is 1. The van der Waals surface area contributed by atoms with Crippen LogP contribution >= 0.6 is 11.3 Å². The lowest BCUT2D eigenvalue weighted by atomic mass is 9.39. The standard InChI is InChI=1S/C77H94N8O11S2Si/c1-54-61(59-30-32-66(81-67(59)69(87)88)84-36-33-58-62(44-84)60(68(86)82-70-80-63-27-19-20-28-65(63)97-70)29-31-64(58)92-40-35-78-71(89)93-45-55-21-13-10-14-22-55)43-79-85(54)52-76-47-74(7)46-75(8,48-76)50-77(49-74,51-76)94-41-37-83(9)38-42-98(90,91)95-53-73(5,6)34-39-96-99(72(2,3)4,56-23-15-11-16-24-56)57-25-17-12-18-26-57/h10-32,43H,33-42,44-53H2,1-9H3,(H,78,89)(H,87,88)(H,80,82,86). The van der Waals surface area contributed by atoms with Crippen LogP contribution in [-0.4, -0.2) is 135 Å². The van der Waals surface area contributed by atoms with Crippen molar-refractivity contribution < 1.29 is 50.7 Å². The number of fused-ring (bicyclic) bond motifs is 2. The zero-order valence-electron chi connectivity index (χ0n) is 58.5. The number of thiazole rings is 1. The van der Waals surface area contributed by atoms with Gasteiger partial charge in [0, 0.05) is 67.3 Å². The molecule has 5 aliphatic rings. The fourth-order valence-corrected chi connectivity index (χ4v) is 23.7. The van der Waals surface area contributed by atoms with E-state index in [4.69, 9.17) is 32.9 Å². The van der Waals surface area contributed by atoms with Gasteiger partial charge in [0.2, 0.25) is 0 Å². The van der Waals surface area contributed by atoms with Gasteiger partial charge in [-0.3, -0.25) is 19.0 Å². The van der Waals surface area contributed by atoms with E-state index in [1.807, 2.05) is 116 Å². The minimum Gasteiger partial charge on any atom is -0.491 e. The number of carbonyl (C=O) groups excluding carboxylic acids is 2. The molecule has 0 spiro atoms. The average molecular weight is 1400 g/mol. The number of anilines is 2. The van der Waals surface area contributed by atoms with E-state index in [1.54, 1.807) is 18.3 Å². The Labute approximate surface area is 587 Å². The molecule has 3 N–H and O–H groups in total. The van der Waals surface area contributed by atoms with Crippen LogP contribution in [0.5, 0.6) is 5.75 Å². The van der Waals surface area contributed by atoms with Gasteiger partial charge in [0.25, 0.3) is 24.3 Å². The van der Waals surface area contributed by atoms with E-state index in [0.717, 1.165) is 65.6 Å². The zero-order valence-corrected chi connectivity index (χ0v) is 61.2. The lowest BCUT2D eigenvalue weighted by Gasteiger charge is -2.69. The van der Waals surface area contributed by atoms with E-state index in [1.165, 1.54) is 21.7 Å². The van der Waals surface area contributed by atoms with Crippen molar-refractivity contribution in [2.75, 3.05) is 75.6 Å². The number of benzene rings is 5. The highest BCUT2D eigenvalue weighted by atomic mass is 32.2. The molecule has 524 valence electrons. The number of hydrogen-bond donors (Lipinski definition) is 3. The molecule has 0 radical (unpaired) electrons. The lowest BCUT2D eigenvalue weighted by molar-refractivity contribution is -0.248. The van der Waals surface area contributed by atoms with Crippen LogP contribution in [0, 0.1) is 28.6 Å². The van der Waals surface area contributed by atoms with Gasteiger partial charge in [-0.05, 0) is 150 Å². The Morgan fingerprint density at radius 3 is 2.11 bits per heavy atom. The summed E-state index contributed by atoms with van der Waals surface area (Å²) in [5, 5.41) is 24.4. The Balaban J connectivity index is 0.675. The molecule has 13 rings (SSSR count). The molecule has 3 aromatic heterocycles. The number of pyridine rings is 1. The van der Waals surface area contributed by atoms with Crippen molar-refractivity contribution >= 4 is 79.3 Å². The summed E-state index contributed by atoms with van der Waals surface area (Å²) < 4.78 is 61.8. The van der Waals surface area contributed by atoms with Gasteiger partial charge in [0.05, 0.1) is 47.5 Å². The Bertz CT molecular complexity index is 4240. The first-order valence-corrected chi connectivity index (χ1v) is 38.8. The maximum absolute atomic E-state index is 14.3. The fourth-order valence-electron chi connectivity index (χ4n) is 17.1. The third-order valence-electron chi connectivity index (χ3n) is 20.7. The third kappa shape index (κ3) is 16.0. The summed E-state index contributed by atoms with van der Waals surface area (Å²) in [7, 11) is -4.66. The number of amides is 2. The monoisotopic (exact) mass is 1400 g/mol. The summed E-state index contributed by atoms with van der Waals surface area (Å²) in [4.78, 5) is 53.7. The predicted molar refractivity (Wildman–Crippen MR) is 390 cm³/mol. The van der Waals surface area contributed by atoms with Crippen LogP contribution < -0.4 is 30.6 Å². The Hall–Kier alpha value is -7.83. The molecular formula is C77H94N8O11S2Si. The number of rotatable bonds is 29. The molecule has 4 fully saturated rings. The number of carboxylic acid groups (broad SMARTS) is 1. The summed E-state index contributed by atoms with van der Waals surface area (Å²) in [5.74, 6) is -0.642. The van der Waals surface area contributed by atoms with Crippen LogP contribution in [0.15, 0.2) is 146 Å². The van der Waals surface area contributed by atoms with E-state index < -0.39 is 35.9 Å². The van der Waals surface area contributed by atoms with Crippen LogP contribution in [0.3, 0.4) is 0 Å². The van der Waals surface area contributed by atoms with Crippen LogP contribution in [0.1, 0.15) is 137 Å². The van der Waals surface area contributed by atoms with Crippen molar-refractivity contribution in [3.63, 3.8) is 0 Å². The van der Waals surface area contributed by atoms with Gasteiger partial charge in [0.1, 0.15) is 24.8 Å². The number of nitrogens with one attached hydrogen (secondary N) is 2. The summed E-state index contributed by atoms with van der Waals surface area (Å²) in [5.41, 5.74) is 4.63. The molecule has 99 heavy (non-hydrogen) atoms. The molecule has 4 saturated carbocycles. The van der Waals surface area contributed by atoms with Gasteiger partial charge in [0.15, 0.2) is 10.8 Å². The molecule has 2 unspecified atom stereocenters. The lowest BCUT2D eigenvalue weighted by Crippen LogP contribution is -2.66. The number of aromatic nitrogens is 4. The topological polar surface area (TPSA) is 226 Å². The maximum atomic E-state index is 14.3. The van der Waals surface area contributed by atoms with Crippen LogP contribution in [0.4, 0.5) is 15.7 Å². The molecule has 0 saturated heterocycles. The van der Waals surface area contributed by atoms with E-state index in [9.17, 15) is 27.9 Å². The van der Waals surface area contributed by atoms with Crippen LogP contribution in [-0.2, 0) is 54.3 Å². The van der Waals surface area contributed by atoms with Crippen molar-refractivity contribution in [2.45, 2.75) is 137 Å². The van der Waals surface area contributed by atoms with Crippen LogP contribution in [0.25, 0.3) is 21.3 Å². The third-order valence-corrected chi connectivity index (χ3v) is 27.8. The Morgan fingerprint density at radius 1 is 0.758 bits per heavy atom. The number of ether oxygens (including phenoxy) is 3. The molecule has 22 heteroatoms. The van der Waals surface area contributed by atoms with Crippen LogP contribution in [0.2, 0.25) is 5.04 Å². The second kappa shape index (κ2) is 28.7. The highest BCUT2D eigenvalue weighted by Crippen LogP contribution is 2.72. The highest BCUT2D eigenvalue weighted by Gasteiger charge is 2.66. The number of para-hydroxylation sites is 1. The van der Waals surface area contributed by atoms with Gasteiger partial charge in [-0.2, -0.15) is 13.5 Å². The zero-order chi connectivity index (χ0) is 70.0. The minimum atomic E-state index is -3.84. The molecule has 1 aliphatic heterocycles. The van der Waals surface area contributed by atoms with Gasteiger partial charge in [-0.15, -0.1) is 0 Å². The maximum Gasteiger partial charge on any atom is 0.407 e. The molecular weight excluding hydrogens is 1310 g/mol. The summed E-state index contributed by atoms with van der Waals surface area (Å²) in [6, 6.07) is 45.3. The van der Waals surface area contributed by atoms with E-state index in [2.05, 4.69) is 103 Å². The smallest absolute Gasteiger partial charge is 0.407 e. The number of hydrogen-bond acceptors (Lipinski definition) is 16. The normalized spacial score (nSPS) is 20.6. The molecule has 2 amide bonds. The van der Waals surface area contributed by atoms with E-state index >= 15 is 0 Å².